The van der Waals surface area contributed by atoms with E-state index in [1.54, 1.807) is 0 Å². The predicted octanol–water partition coefficient (Wildman–Crippen LogP) is 2.35. The van der Waals surface area contributed by atoms with E-state index < -0.39 is 0 Å². The molecule has 0 aromatic heterocycles. The second-order valence-electron chi connectivity index (χ2n) is 6.40. The van der Waals surface area contributed by atoms with E-state index in [1.165, 1.54) is 0 Å². The lowest BCUT2D eigenvalue weighted by molar-refractivity contribution is 0.0535. The Morgan fingerprint density at radius 3 is 1.84 bits per heavy atom. The van der Waals surface area contributed by atoms with Crippen molar-refractivity contribution < 1.29 is 9.59 Å². The highest BCUT2D eigenvalue weighted by Crippen LogP contribution is 2.16. The van der Waals surface area contributed by atoms with Crippen LogP contribution < -0.4 is 4.90 Å². The second-order valence-corrected chi connectivity index (χ2v) is 6.40. The number of nitrogens with zero attached hydrogens (tertiary/aromatic N) is 3. The van der Waals surface area contributed by atoms with E-state index in [9.17, 15) is 9.59 Å². The van der Waals surface area contributed by atoms with Gasteiger partial charge in [0.25, 0.3) is 11.8 Å². The lowest BCUT2D eigenvalue weighted by Crippen LogP contribution is -2.50. The average Bonchev–Trinajstić information content (AvgIpc) is 2.67. The zero-order valence-corrected chi connectivity index (χ0v) is 14.7. The Balaban J connectivity index is 1.63. The van der Waals surface area contributed by atoms with Gasteiger partial charge in [-0.25, -0.2) is 0 Å². The Hall–Kier alpha value is -2.82. The summed E-state index contributed by atoms with van der Waals surface area (Å²) < 4.78 is 0. The van der Waals surface area contributed by atoms with E-state index in [4.69, 9.17) is 0 Å². The molecular formula is C20H23N3O2. The molecule has 0 radical (unpaired) electrons. The maximum atomic E-state index is 12.7. The fraction of sp³-hybridized carbons (Fsp3) is 0.300. The first-order valence-corrected chi connectivity index (χ1v) is 8.47. The first-order valence-electron chi connectivity index (χ1n) is 8.47. The SMILES string of the molecule is CN(C)c1cccc(C(=O)N2CCN(C(=O)c3ccccc3)CC2)c1. The largest absolute Gasteiger partial charge is 0.378 e. The molecule has 2 aromatic rings. The number of hydrogen-bond acceptors (Lipinski definition) is 3. The summed E-state index contributed by atoms with van der Waals surface area (Å²) in [5, 5.41) is 0. The van der Waals surface area contributed by atoms with Crippen LogP contribution >= 0.6 is 0 Å². The average molecular weight is 337 g/mol. The molecule has 2 aromatic carbocycles. The Labute approximate surface area is 148 Å². The summed E-state index contributed by atoms with van der Waals surface area (Å²) >= 11 is 0. The summed E-state index contributed by atoms with van der Waals surface area (Å²) in [6.45, 7) is 2.24. The molecule has 130 valence electrons. The molecule has 0 saturated carbocycles. The predicted molar refractivity (Wildman–Crippen MR) is 99.0 cm³/mol. The number of carbonyl (C=O) groups excluding carboxylic acids is 2. The molecule has 25 heavy (non-hydrogen) atoms. The molecule has 5 heteroatoms. The molecule has 1 heterocycles. The fourth-order valence-corrected chi connectivity index (χ4v) is 2.98. The molecule has 1 saturated heterocycles. The van der Waals surface area contributed by atoms with E-state index >= 15 is 0 Å². The van der Waals surface area contributed by atoms with Crippen molar-refractivity contribution in [2.24, 2.45) is 0 Å². The minimum atomic E-state index is 0.0236. The molecule has 0 unspecified atom stereocenters. The van der Waals surface area contributed by atoms with Crippen LogP contribution in [0.5, 0.6) is 0 Å². The van der Waals surface area contributed by atoms with Gasteiger partial charge in [-0.3, -0.25) is 9.59 Å². The lowest BCUT2D eigenvalue weighted by atomic mass is 10.1. The van der Waals surface area contributed by atoms with E-state index in [0.29, 0.717) is 37.3 Å². The molecule has 1 fully saturated rings. The number of hydrogen-bond donors (Lipinski definition) is 0. The van der Waals surface area contributed by atoms with Crippen LogP contribution in [0.15, 0.2) is 54.6 Å². The van der Waals surface area contributed by atoms with Crippen LogP contribution in [-0.4, -0.2) is 61.9 Å². The van der Waals surface area contributed by atoms with Gasteiger partial charge in [0, 0.05) is 57.1 Å². The highest BCUT2D eigenvalue weighted by Gasteiger charge is 2.25. The summed E-state index contributed by atoms with van der Waals surface area (Å²) in [7, 11) is 3.91. The maximum absolute atomic E-state index is 12.7. The van der Waals surface area contributed by atoms with Crippen LogP contribution in [0.25, 0.3) is 0 Å². The molecule has 2 amide bonds. The highest BCUT2D eigenvalue weighted by molar-refractivity contribution is 5.96. The summed E-state index contributed by atoms with van der Waals surface area (Å²) in [4.78, 5) is 30.8. The normalized spacial score (nSPS) is 14.3. The number of benzene rings is 2. The van der Waals surface area contributed by atoms with E-state index in [2.05, 4.69) is 0 Å². The summed E-state index contributed by atoms with van der Waals surface area (Å²) in [6, 6.07) is 16.9. The lowest BCUT2D eigenvalue weighted by Gasteiger charge is -2.35. The Morgan fingerprint density at radius 2 is 1.28 bits per heavy atom. The van der Waals surface area contributed by atoms with Gasteiger partial charge in [0.2, 0.25) is 0 Å². The summed E-state index contributed by atoms with van der Waals surface area (Å²) in [5.74, 6) is 0.0535. The van der Waals surface area contributed by atoms with E-state index in [0.717, 1.165) is 5.69 Å². The minimum absolute atomic E-state index is 0.0236. The van der Waals surface area contributed by atoms with Gasteiger partial charge >= 0.3 is 0 Å². The third-order valence-electron chi connectivity index (χ3n) is 4.48. The Morgan fingerprint density at radius 1 is 0.760 bits per heavy atom. The van der Waals surface area contributed by atoms with E-state index in [1.807, 2.05) is 83.4 Å². The number of carbonyl (C=O) groups is 2. The standard InChI is InChI=1S/C20H23N3O2/c1-21(2)18-10-6-9-17(15-18)20(25)23-13-11-22(12-14-23)19(24)16-7-4-3-5-8-16/h3-10,15H,11-14H2,1-2H3. The summed E-state index contributed by atoms with van der Waals surface area (Å²) in [6.07, 6.45) is 0. The van der Waals surface area contributed by atoms with Gasteiger partial charge < -0.3 is 14.7 Å². The monoisotopic (exact) mass is 337 g/mol. The molecule has 1 aliphatic rings. The number of amides is 2. The zero-order valence-electron chi connectivity index (χ0n) is 14.7. The quantitative estimate of drug-likeness (QED) is 0.863. The van der Waals surface area contributed by atoms with Crippen molar-refractivity contribution in [2.75, 3.05) is 45.2 Å². The van der Waals surface area contributed by atoms with Crippen LogP contribution in [0.2, 0.25) is 0 Å². The van der Waals surface area contributed by atoms with Gasteiger partial charge in [0.05, 0.1) is 0 Å². The van der Waals surface area contributed by atoms with Gasteiger partial charge in [-0.15, -0.1) is 0 Å². The number of anilines is 1. The third kappa shape index (κ3) is 3.82. The highest BCUT2D eigenvalue weighted by atomic mass is 16.2. The number of piperazine rings is 1. The Kier molecular flexibility index (Phi) is 5.03. The van der Waals surface area contributed by atoms with Crippen LogP contribution in [-0.2, 0) is 0 Å². The van der Waals surface area contributed by atoms with Crippen molar-refractivity contribution >= 4 is 17.5 Å². The molecule has 0 atom stereocenters. The topological polar surface area (TPSA) is 43.9 Å². The number of rotatable bonds is 3. The molecule has 3 rings (SSSR count). The van der Waals surface area contributed by atoms with Gasteiger partial charge in [0.15, 0.2) is 0 Å². The van der Waals surface area contributed by atoms with Gasteiger partial charge in [-0.2, -0.15) is 0 Å². The first kappa shape index (κ1) is 17.0. The molecular weight excluding hydrogens is 314 g/mol. The van der Waals surface area contributed by atoms with Crippen molar-refractivity contribution in [1.29, 1.82) is 0 Å². The van der Waals surface area contributed by atoms with Gasteiger partial charge in [-0.05, 0) is 30.3 Å². The minimum Gasteiger partial charge on any atom is -0.378 e. The van der Waals surface area contributed by atoms with Crippen molar-refractivity contribution in [3.8, 4) is 0 Å². The molecule has 0 bridgehead atoms. The van der Waals surface area contributed by atoms with Crippen LogP contribution in [0.3, 0.4) is 0 Å². The van der Waals surface area contributed by atoms with Crippen molar-refractivity contribution in [2.45, 2.75) is 0 Å². The molecule has 0 N–H and O–H groups in total. The smallest absolute Gasteiger partial charge is 0.254 e. The van der Waals surface area contributed by atoms with Crippen molar-refractivity contribution in [3.05, 3.63) is 65.7 Å². The van der Waals surface area contributed by atoms with Crippen LogP contribution in [0.4, 0.5) is 5.69 Å². The van der Waals surface area contributed by atoms with Crippen molar-refractivity contribution in [1.82, 2.24) is 9.80 Å². The molecule has 1 aliphatic heterocycles. The zero-order chi connectivity index (χ0) is 17.8. The van der Waals surface area contributed by atoms with Gasteiger partial charge in [0.1, 0.15) is 0 Å². The van der Waals surface area contributed by atoms with Crippen molar-refractivity contribution in [3.63, 3.8) is 0 Å². The fourth-order valence-electron chi connectivity index (χ4n) is 2.98. The first-order chi connectivity index (χ1) is 12.1. The summed E-state index contributed by atoms with van der Waals surface area (Å²) in [5.41, 5.74) is 2.39. The Bertz CT molecular complexity index is 751. The third-order valence-corrected chi connectivity index (χ3v) is 4.48. The molecule has 0 aliphatic carbocycles. The molecule has 0 spiro atoms. The van der Waals surface area contributed by atoms with Crippen LogP contribution in [0, 0.1) is 0 Å². The van der Waals surface area contributed by atoms with E-state index in [-0.39, 0.29) is 11.8 Å². The maximum Gasteiger partial charge on any atom is 0.254 e. The van der Waals surface area contributed by atoms with Gasteiger partial charge in [-0.1, -0.05) is 24.3 Å². The van der Waals surface area contributed by atoms with Crippen LogP contribution in [0.1, 0.15) is 20.7 Å². The second kappa shape index (κ2) is 7.38. The molecule has 5 nitrogen and oxygen atoms in total.